The van der Waals surface area contributed by atoms with Crippen molar-refractivity contribution in [2.24, 2.45) is 0 Å². The summed E-state index contributed by atoms with van der Waals surface area (Å²) in [5, 5.41) is 13.1. The average Bonchev–Trinajstić information content (AvgIpc) is 3.03. The Balaban J connectivity index is 1.66. The van der Waals surface area contributed by atoms with Crippen molar-refractivity contribution in [3.05, 3.63) is 59.9 Å². The summed E-state index contributed by atoms with van der Waals surface area (Å²) < 4.78 is 18.0. The normalized spacial score (nSPS) is 10.5. The van der Waals surface area contributed by atoms with E-state index in [1.165, 1.54) is 23.5 Å². The van der Waals surface area contributed by atoms with E-state index in [1.54, 1.807) is 19.2 Å². The van der Waals surface area contributed by atoms with Crippen molar-refractivity contribution in [2.75, 3.05) is 12.4 Å². The number of nitrogens with zero attached hydrogens (tertiary/aromatic N) is 2. The molecule has 0 fully saturated rings. The number of anilines is 1. The van der Waals surface area contributed by atoms with Gasteiger partial charge in [0.25, 0.3) is 0 Å². The van der Waals surface area contributed by atoms with Gasteiger partial charge in [-0.15, -0.1) is 10.2 Å². The van der Waals surface area contributed by atoms with E-state index in [2.05, 4.69) is 15.5 Å². The standard InChI is InChI=1S/C16H14FN3OS/c1-21-14-8-4-12(5-9-14)15-19-20-16(22-15)18-10-11-2-6-13(17)7-3-11/h2-9H,10H2,1H3,(H,18,20). The SMILES string of the molecule is COc1ccc(-c2nnc(NCc3ccc(F)cc3)s2)cc1. The van der Waals surface area contributed by atoms with Gasteiger partial charge in [0, 0.05) is 12.1 Å². The van der Waals surface area contributed by atoms with E-state index < -0.39 is 0 Å². The minimum Gasteiger partial charge on any atom is -0.497 e. The number of ether oxygens (including phenoxy) is 1. The van der Waals surface area contributed by atoms with E-state index >= 15 is 0 Å². The van der Waals surface area contributed by atoms with Gasteiger partial charge in [-0.25, -0.2) is 4.39 Å². The van der Waals surface area contributed by atoms with Crippen LogP contribution in [0.1, 0.15) is 5.56 Å². The summed E-state index contributed by atoms with van der Waals surface area (Å²) in [7, 11) is 1.64. The maximum Gasteiger partial charge on any atom is 0.206 e. The summed E-state index contributed by atoms with van der Waals surface area (Å²) in [6.07, 6.45) is 0. The molecule has 1 aromatic heterocycles. The van der Waals surface area contributed by atoms with Crippen molar-refractivity contribution in [1.29, 1.82) is 0 Å². The molecule has 0 amide bonds. The molecule has 0 aliphatic carbocycles. The van der Waals surface area contributed by atoms with E-state index in [9.17, 15) is 4.39 Å². The Hall–Kier alpha value is -2.47. The van der Waals surface area contributed by atoms with Gasteiger partial charge in [-0.05, 0) is 42.0 Å². The molecule has 0 aliphatic rings. The molecule has 4 nitrogen and oxygen atoms in total. The predicted molar refractivity (Wildman–Crippen MR) is 85.6 cm³/mol. The first kappa shape index (κ1) is 14.5. The fourth-order valence-corrected chi connectivity index (χ4v) is 2.67. The highest BCUT2D eigenvalue weighted by Crippen LogP contribution is 2.27. The first-order valence-corrected chi connectivity index (χ1v) is 7.52. The lowest BCUT2D eigenvalue weighted by molar-refractivity contribution is 0.415. The van der Waals surface area contributed by atoms with Gasteiger partial charge in [-0.3, -0.25) is 0 Å². The monoisotopic (exact) mass is 315 g/mol. The second kappa shape index (κ2) is 6.53. The molecule has 2 aromatic carbocycles. The van der Waals surface area contributed by atoms with Crippen molar-refractivity contribution in [2.45, 2.75) is 6.54 Å². The number of hydrogen-bond donors (Lipinski definition) is 1. The Morgan fingerprint density at radius 1 is 1.05 bits per heavy atom. The molecule has 0 saturated carbocycles. The summed E-state index contributed by atoms with van der Waals surface area (Å²) in [6.45, 7) is 0.581. The van der Waals surface area contributed by atoms with Gasteiger partial charge in [-0.1, -0.05) is 23.5 Å². The van der Waals surface area contributed by atoms with E-state index in [0.717, 1.165) is 27.0 Å². The lowest BCUT2D eigenvalue weighted by atomic mass is 10.2. The van der Waals surface area contributed by atoms with Crippen molar-refractivity contribution >= 4 is 16.5 Å². The van der Waals surface area contributed by atoms with Crippen molar-refractivity contribution in [3.63, 3.8) is 0 Å². The summed E-state index contributed by atoms with van der Waals surface area (Å²) >= 11 is 1.47. The Labute approximate surface area is 131 Å². The Morgan fingerprint density at radius 3 is 2.45 bits per heavy atom. The smallest absolute Gasteiger partial charge is 0.206 e. The van der Waals surface area contributed by atoms with Crippen LogP contribution in [0.4, 0.5) is 9.52 Å². The van der Waals surface area contributed by atoms with Crippen molar-refractivity contribution < 1.29 is 9.13 Å². The lowest BCUT2D eigenvalue weighted by Crippen LogP contribution is -1.98. The number of aromatic nitrogens is 2. The number of methoxy groups -OCH3 is 1. The van der Waals surface area contributed by atoms with Gasteiger partial charge in [0.05, 0.1) is 7.11 Å². The molecule has 0 unspecified atom stereocenters. The van der Waals surface area contributed by atoms with E-state index in [-0.39, 0.29) is 5.82 Å². The first-order valence-electron chi connectivity index (χ1n) is 6.71. The average molecular weight is 315 g/mol. The quantitative estimate of drug-likeness (QED) is 0.774. The number of benzene rings is 2. The molecule has 3 rings (SSSR count). The molecule has 0 aliphatic heterocycles. The molecule has 6 heteroatoms. The lowest BCUT2D eigenvalue weighted by Gasteiger charge is -2.01. The van der Waals surface area contributed by atoms with Crippen molar-refractivity contribution in [3.8, 4) is 16.3 Å². The molecule has 1 heterocycles. The molecule has 22 heavy (non-hydrogen) atoms. The molecular weight excluding hydrogens is 301 g/mol. The summed E-state index contributed by atoms with van der Waals surface area (Å²) in [6, 6.07) is 14.1. The van der Waals surface area contributed by atoms with Crippen molar-refractivity contribution in [1.82, 2.24) is 10.2 Å². The van der Waals surface area contributed by atoms with Crippen LogP contribution in [0.25, 0.3) is 10.6 Å². The second-order valence-corrected chi connectivity index (χ2v) is 5.60. The third-order valence-corrected chi connectivity index (χ3v) is 4.05. The van der Waals surface area contributed by atoms with Crippen LogP contribution in [0.2, 0.25) is 0 Å². The molecule has 0 spiro atoms. The Bertz CT molecular complexity index is 741. The van der Waals surface area contributed by atoms with Gasteiger partial charge < -0.3 is 10.1 Å². The van der Waals surface area contributed by atoms with Crippen LogP contribution in [0.15, 0.2) is 48.5 Å². The van der Waals surface area contributed by atoms with Gasteiger partial charge >= 0.3 is 0 Å². The number of rotatable bonds is 5. The zero-order chi connectivity index (χ0) is 15.4. The Morgan fingerprint density at radius 2 is 1.77 bits per heavy atom. The largest absolute Gasteiger partial charge is 0.497 e. The third-order valence-electron chi connectivity index (χ3n) is 3.12. The van der Waals surface area contributed by atoms with Gasteiger partial charge in [0.1, 0.15) is 16.6 Å². The zero-order valence-corrected chi connectivity index (χ0v) is 12.7. The number of nitrogens with one attached hydrogen (secondary N) is 1. The summed E-state index contributed by atoms with van der Waals surface area (Å²) in [4.78, 5) is 0. The van der Waals surface area contributed by atoms with Gasteiger partial charge in [-0.2, -0.15) is 0 Å². The van der Waals surface area contributed by atoms with Gasteiger partial charge in [0.15, 0.2) is 0 Å². The van der Waals surface area contributed by atoms with E-state index in [4.69, 9.17) is 4.74 Å². The second-order valence-electron chi connectivity index (χ2n) is 4.62. The molecule has 1 N–H and O–H groups in total. The maximum atomic E-state index is 12.8. The first-order chi connectivity index (χ1) is 10.7. The minimum atomic E-state index is -0.235. The minimum absolute atomic E-state index is 0.235. The molecule has 0 atom stereocenters. The van der Waals surface area contributed by atoms with Crippen LogP contribution in [0.3, 0.4) is 0 Å². The molecule has 0 radical (unpaired) electrons. The highest BCUT2D eigenvalue weighted by molar-refractivity contribution is 7.18. The number of hydrogen-bond acceptors (Lipinski definition) is 5. The van der Waals surface area contributed by atoms with Crippen LogP contribution in [-0.2, 0) is 6.54 Å². The Kier molecular flexibility index (Phi) is 4.29. The topological polar surface area (TPSA) is 47.0 Å². The van der Waals surface area contributed by atoms with E-state index in [1.807, 2.05) is 24.3 Å². The molecule has 0 bridgehead atoms. The maximum absolute atomic E-state index is 12.8. The van der Waals surface area contributed by atoms with Crippen LogP contribution in [0, 0.1) is 5.82 Å². The predicted octanol–water partition coefficient (Wildman–Crippen LogP) is 3.96. The number of halogens is 1. The highest BCUT2D eigenvalue weighted by Gasteiger charge is 2.06. The molecule has 3 aromatic rings. The van der Waals surface area contributed by atoms with E-state index in [0.29, 0.717) is 6.54 Å². The van der Waals surface area contributed by atoms with Gasteiger partial charge in [0.2, 0.25) is 5.13 Å². The summed E-state index contributed by atoms with van der Waals surface area (Å²) in [5.41, 5.74) is 1.98. The van der Waals surface area contributed by atoms with Crippen LogP contribution in [-0.4, -0.2) is 17.3 Å². The fourth-order valence-electron chi connectivity index (χ4n) is 1.92. The highest BCUT2D eigenvalue weighted by atomic mass is 32.1. The van der Waals surface area contributed by atoms with Crippen LogP contribution < -0.4 is 10.1 Å². The van der Waals surface area contributed by atoms with Crippen LogP contribution in [0.5, 0.6) is 5.75 Å². The summed E-state index contributed by atoms with van der Waals surface area (Å²) in [5.74, 6) is 0.574. The third kappa shape index (κ3) is 3.40. The zero-order valence-electron chi connectivity index (χ0n) is 11.9. The molecular formula is C16H14FN3OS. The molecule has 0 saturated heterocycles. The molecule has 112 valence electrons. The van der Waals surface area contributed by atoms with Crippen LogP contribution >= 0.6 is 11.3 Å². The fraction of sp³-hybridized carbons (Fsp3) is 0.125.